The first kappa shape index (κ1) is 21.9. The van der Waals surface area contributed by atoms with Crippen molar-refractivity contribution >= 4 is 41.0 Å². The van der Waals surface area contributed by atoms with Crippen LogP contribution < -0.4 is 10.6 Å². The van der Waals surface area contributed by atoms with Crippen LogP contribution in [0.15, 0.2) is 29.3 Å². The highest BCUT2D eigenvalue weighted by Crippen LogP contribution is 2.19. The fraction of sp³-hybridized carbons (Fsp3) is 0.600. The van der Waals surface area contributed by atoms with Crippen LogP contribution in [0.1, 0.15) is 38.9 Å². The lowest BCUT2D eigenvalue weighted by Gasteiger charge is -2.41. The van der Waals surface area contributed by atoms with Crippen LogP contribution in [0, 0.1) is 0 Å². The summed E-state index contributed by atoms with van der Waals surface area (Å²) in [6, 6.07) is 8.13. The molecule has 2 heterocycles. The molecule has 1 aromatic carbocycles. The summed E-state index contributed by atoms with van der Waals surface area (Å²) in [5.41, 5.74) is 2.25. The molecule has 150 valence electrons. The maximum Gasteiger partial charge on any atom is 0.191 e. The van der Waals surface area contributed by atoms with E-state index < -0.39 is 0 Å². The molecule has 0 saturated carbocycles. The number of fused-ring (bicyclic) bond motifs is 1. The highest BCUT2D eigenvalue weighted by molar-refractivity contribution is 14.0. The molecule has 0 unspecified atom stereocenters. The van der Waals surface area contributed by atoms with Crippen LogP contribution in [-0.2, 0) is 6.42 Å². The number of imidazole rings is 1. The number of rotatable bonds is 6. The van der Waals surface area contributed by atoms with Crippen LogP contribution >= 0.6 is 24.0 Å². The van der Waals surface area contributed by atoms with Crippen molar-refractivity contribution in [3.05, 3.63) is 30.1 Å². The molecule has 1 aliphatic heterocycles. The van der Waals surface area contributed by atoms with Gasteiger partial charge in [0.15, 0.2) is 5.96 Å². The number of halogens is 1. The first-order chi connectivity index (χ1) is 12.6. The number of guanidine groups is 1. The quantitative estimate of drug-likeness (QED) is 0.335. The molecule has 3 rings (SSSR count). The molecule has 1 aliphatic rings. The molecule has 1 saturated heterocycles. The average Bonchev–Trinajstić information content (AvgIpc) is 3.08. The number of likely N-dealkylation sites (tertiary alicyclic amines) is 1. The number of piperidine rings is 1. The number of benzene rings is 1. The molecular formula is C20H33IN6. The number of aromatic nitrogens is 2. The lowest BCUT2D eigenvalue weighted by atomic mass is 9.98. The smallest absolute Gasteiger partial charge is 0.191 e. The number of H-pyrrole nitrogens is 1. The summed E-state index contributed by atoms with van der Waals surface area (Å²) in [6.45, 7) is 8.71. The number of para-hydroxylation sites is 2. The summed E-state index contributed by atoms with van der Waals surface area (Å²) in [5, 5.41) is 6.88. The van der Waals surface area contributed by atoms with Gasteiger partial charge in [0.2, 0.25) is 0 Å². The SMILES string of the molecule is CN=C(NCCc1nc2ccccc2[nH]1)NCC(C)(C)N1CCCCC1.I. The second kappa shape index (κ2) is 10.3. The average molecular weight is 484 g/mol. The summed E-state index contributed by atoms with van der Waals surface area (Å²) < 4.78 is 0. The van der Waals surface area contributed by atoms with E-state index >= 15 is 0 Å². The van der Waals surface area contributed by atoms with Gasteiger partial charge >= 0.3 is 0 Å². The monoisotopic (exact) mass is 484 g/mol. The molecule has 0 spiro atoms. The Bertz CT molecular complexity index is 700. The summed E-state index contributed by atoms with van der Waals surface area (Å²) in [7, 11) is 1.82. The minimum atomic E-state index is 0. The lowest BCUT2D eigenvalue weighted by Crippen LogP contribution is -2.55. The van der Waals surface area contributed by atoms with E-state index in [1.54, 1.807) is 0 Å². The molecule has 1 fully saturated rings. The van der Waals surface area contributed by atoms with Gasteiger partial charge in [-0.05, 0) is 51.9 Å². The molecule has 0 amide bonds. The molecule has 6 nitrogen and oxygen atoms in total. The van der Waals surface area contributed by atoms with E-state index in [0.29, 0.717) is 0 Å². The van der Waals surface area contributed by atoms with Gasteiger partial charge in [-0.1, -0.05) is 18.6 Å². The van der Waals surface area contributed by atoms with E-state index in [-0.39, 0.29) is 29.5 Å². The predicted octanol–water partition coefficient (Wildman–Crippen LogP) is 3.15. The summed E-state index contributed by atoms with van der Waals surface area (Å²) >= 11 is 0. The predicted molar refractivity (Wildman–Crippen MR) is 124 cm³/mol. The second-order valence-corrected chi connectivity index (χ2v) is 7.66. The fourth-order valence-corrected chi connectivity index (χ4v) is 3.56. The zero-order valence-electron chi connectivity index (χ0n) is 16.7. The Kier molecular flexibility index (Phi) is 8.34. The zero-order chi connectivity index (χ0) is 18.4. The van der Waals surface area contributed by atoms with E-state index in [4.69, 9.17) is 0 Å². The van der Waals surface area contributed by atoms with Crippen LogP contribution in [0.5, 0.6) is 0 Å². The van der Waals surface area contributed by atoms with E-state index in [0.717, 1.165) is 42.3 Å². The summed E-state index contributed by atoms with van der Waals surface area (Å²) in [6.07, 6.45) is 4.83. The Labute approximate surface area is 179 Å². The minimum absolute atomic E-state index is 0. The van der Waals surface area contributed by atoms with Crippen molar-refractivity contribution in [3.8, 4) is 0 Å². The van der Waals surface area contributed by atoms with Gasteiger partial charge in [0.25, 0.3) is 0 Å². The van der Waals surface area contributed by atoms with Crippen molar-refractivity contribution in [1.29, 1.82) is 0 Å². The maximum absolute atomic E-state index is 4.62. The van der Waals surface area contributed by atoms with E-state index in [2.05, 4.69) is 50.4 Å². The van der Waals surface area contributed by atoms with Crippen molar-refractivity contribution in [2.24, 2.45) is 4.99 Å². The zero-order valence-corrected chi connectivity index (χ0v) is 19.0. The normalized spacial score (nSPS) is 16.2. The van der Waals surface area contributed by atoms with E-state index in [1.165, 1.54) is 32.4 Å². The van der Waals surface area contributed by atoms with Gasteiger partial charge in [0.1, 0.15) is 5.82 Å². The highest BCUT2D eigenvalue weighted by Gasteiger charge is 2.27. The molecule has 0 atom stereocenters. The number of hydrogen-bond acceptors (Lipinski definition) is 3. The van der Waals surface area contributed by atoms with Crippen molar-refractivity contribution < 1.29 is 0 Å². The van der Waals surface area contributed by atoms with Gasteiger partial charge in [0.05, 0.1) is 11.0 Å². The summed E-state index contributed by atoms with van der Waals surface area (Å²) in [5.74, 6) is 1.86. The Morgan fingerprint density at radius 3 is 2.63 bits per heavy atom. The molecule has 1 aromatic heterocycles. The highest BCUT2D eigenvalue weighted by atomic mass is 127. The number of nitrogens with zero attached hydrogens (tertiary/aromatic N) is 3. The van der Waals surface area contributed by atoms with E-state index in [1.807, 2.05) is 25.2 Å². The second-order valence-electron chi connectivity index (χ2n) is 7.66. The van der Waals surface area contributed by atoms with Crippen LogP contribution in [-0.4, -0.2) is 59.6 Å². The third-order valence-corrected chi connectivity index (χ3v) is 5.22. The molecule has 3 N–H and O–H groups in total. The Balaban J connectivity index is 0.00000261. The number of aliphatic imine (C=N–C) groups is 1. The molecular weight excluding hydrogens is 451 g/mol. The molecule has 0 bridgehead atoms. The molecule has 7 heteroatoms. The maximum atomic E-state index is 4.62. The van der Waals surface area contributed by atoms with Gasteiger partial charge in [0, 0.05) is 32.1 Å². The topological polar surface area (TPSA) is 68.3 Å². The minimum Gasteiger partial charge on any atom is -0.356 e. The van der Waals surface area contributed by atoms with Crippen molar-refractivity contribution in [2.45, 2.75) is 45.1 Å². The molecule has 2 aromatic rings. The van der Waals surface area contributed by atoms with Crippen LogP contribution in [0.4, 0.5) is 0 Å². The lowest BCUT2D eigenvalue weighted by molar-refractivity contribution is 0.0982. The number of hydrogen-bond donors (Lipinski definition) is 3. The van der Waals surface area contributed by atoms with Crippen molar-refractivity contribution in [2.75, 3.05) is 33.2 Å². The largest absolute Gasteiger partial charge is 0.356 e. The molecule has 0 aliphatic carbocycles. The first-order valence-electron chi connectivity index (χ1n) is 9.72. The Hall–Kier alpha value is -1.35. The first-order valence-corrected chi connectivity index (χ1v) is 9.72. The van der Waals surface area contributed by atoms with Crippen LogP contribution in [0.3, 0.4) is 0 Å². The van der Waals surface area contributed by atoms with Gasteiger partial charge in [-0.15, -0.1) is 24.0 Å². The van der Waals surface area contributed by atoms with E-state index in [9.17, 15) is 0 Å². The van der Waals surface area contributed by atoms with Crippen molar-refractivity contribution in [1.82, 2.24) is 25.5 Å². The van der Waals surface area contributed by atoms with Gasteiger partial charge < -0.3 is 15.6 Å². The Morgan fingerprint density at radius 2 is 1.93 bits per heavy atom. The molecule has 27 heavy (non-hydrogen) atoms. The fourth-order valence-electron chi connectivity index (χ4n) is 3.56. The van der Waals surface area contributed by atoms with Gasteiger partial charge in [-0.3, -0.25) is 9.89 Å². The standard InChI is InChI=1S/C20H32N6.HI/c1-20(2,26-13-7-4-8-14-26)15-23-19(21-3)22-12-11-18-24-16-9-5-6-10-17(16)25-18;/h5-6,9-10H,4,7-8,11-15H2,1-3H3,(H,24,25)(H2,21,22,23);1H. The third-order valence-electron chi connectivity index (χ3n) is 5.22. The van der Waals surface area contributed by atoms with Crippen LogP contribution in [0.2, 0.25) is 0 Å². The number of aromatic amines is 1. The van der Waals surface area contributed by atoms with Crippen molar-refractivity contribution in [3.63, 3.8) is 0 Å². The van der Waals surface area contributed by atoms with Gasteiger partial charge in [-0.2, -0.15) is 0 Å². The molecule has 0 radical (unpaired) electrons. The number of nitrogens with one attached hydrogen (secondary N) is 3. The van der Waals surface area contributed by atoms with Crippen LogP contribution in [0.25, 0.3) is 11.0 Å². The Morgan fingerprint density at radius 1 is 1.19 bits per heavy atom. The summed E-state index contributed by atoms with van der Waals surface area (Å²) in [4.78, 5) is 14.9. The van der Waals surface area contributed by atoms with Gasteiger partial charge in [-0.25, -0.2) is 4.98 Å². The third kappa shape index (κ3) is 6.07.